The average molecular weight is 295 g/mol. The van der Waals surface area contributed by atoms with Crippen LogP contribution in [-0.4, -0.2) is 9.91 Å². The van der Waals surface area contributed by atoms with Gasteiger partial charge >= 0.3 is 0 Å². The van der Waals surface area contributed by atoms with E-state index in [-0.39, 0.29) is 12.3 Å². The Labute approximate surface area is 119 Å². The summed E-state index contributed by atoms with van der Waals surface area (Å²) in [4.78, 5) is 14.2. The molecule has 2 rings (SSSR count). The number of nitrogen functional groups attached to an aromatic ring is 1. The Morgan fingerprint density at radius 3 is 2.85 bits per heavy atom. The topological polar surface area (TPSA) is 103 Å². The highest BCUT2D eigenvalue weighted by Crippen LogP contribution is 2.23. The molecule has 1 aromatic carbocycles. The van der Waals surface area contributed by atoms with Gasteiger partial charge in [0.15, 0.2) is 0 Å². The molecule has 7 nitrogen and oxygen atoms in total. The van der Waals surface area contributed by atoms with Gasteiger partial charge in [0.1, 0.15) is 12.4 Å². The van der Waals surface area contributed by atoms with Crippen LogP contribution in [0, 0.1) is 10.1 Å². The number of halogens is 1. The summed E-state index contributed by atoms with van der Waals surface area (Å²) in [6.45, 7) is 0.100. The van der Waals surface area contributed by atoms with E-state index in [1.54, 1.807) is 6.07 Å². The Morgan fingerprint density at radius 2 is 2.20 bits per heavy atom. The maximum Gasteiger partial charge on any atom is 0.269 e. The van der Waals surface area contributed by atoms with Crippen LogP contribution in [0.3, 0.4) is 0 Å². The SMILES string of the molecule is NNc1ccc([N+](=O)[O-])cc1COc1cncc(Cl)c1. The molecular weight excluding hydrogens is 284 g/mol. The molecule has 0 spiro atoms. The Balaban J connectivity index is 2.19. The molecule has 1 aromatic heterocycles. The molecular formula is C12H11ClN4O3. The zero-order valence-electron chi connectivity index (χ0n) is 10.2. The standard InChI is InChI=1S/C12H11ClN4O3/c13-9-4-11(6-15-5-9)20-7-8-3-10(17(18)19)1-2-12(8)16-14/h1-6,16H,7,14H2. The summed E-state index contributed by atoms with van der Waals surface area (Å²) >= 11 is 5.79. The van der Waals surface area contributed by atoms with Crippen molar-refractivity contribution in [2.45, 2.75) is 6.61 Å². The number of nitrogens with zero attached hydrogens (tertiary/aromatic N) is 2. The molecule has 0 unspecified atom stereocenters. The fourth-order valence-corrected chi connectivity index (χ4v) is 1.75. The molecule has 0 saturated carbocycles. The summed E-state index contributed by atoms with van der Waals surface area (Å²) in [5, 5.41) is 11.2. The number of hydrogen-bond donors (Lipinski definition) is 2. The number of nitrogens with one attached hydrogen (secondary N) is 1. The minimum atomic E-state index is -0.481. The molecule has 104 valence electrons. The Morgan fingerprint density at radius 1 is 1.40 bits per heavy atom. The number of hydrazine groups is 1. The molecule has 8 heteroatoms. The predicted octanol–water partition coefficient (Wildman–Crippen LogP) is 2.51. The van der Waals surface area contributed by atoms with Crippen molar-refractivity contribution in [1.29, 1.82) is 0 Å². The molecule has 0 aliphatic carbocycles. The predicted molar refractivity (Wildman–Crippen MR) is 74.5 cm³/mol. The van der Waals surface area contributed by atoms with Gasteiger partial charge in [-0.15, -0.1) is 0 Å². The number of ether oxygens (including phenoxy) is 1. The van der Waals surface area contributed by atoms with Crippen LogP contribution in [0.1, 0.15) is 5.56 Å². The van der Waals surface area contributed by atoms with Crippen LogP contribution in [0.25, 0.3) is 0 Å². The van der Waals surface area contributed by atoms with E-state index in [0.717, 1.165) is 0 Å². The van der Waals surface area contributed by atoms with Crippen LogP contribution in [-0.2, 0) is 6.61 Å². The van der Waals surface area contributed by atoms with Crippen molar-refractivity contribution in [1.82, 2.24) is 4.98 Å². The van der Waals surface area contributed by atoms with Gasteiger partial charge < -0.3 is 10.2 Å². The van der Waals surface area contributed by atoms with Crippen molar-refractivity contribution >= 4 is 23.0 Å². The van der Waals surface area contributed by atoms with E-state index < -0.39 is 4.92 Å². The first-order valence-electron chi connectivity index (χ1n) is 5.57. The highest BCUT2D eigenvalue weighted by atomic mass is 35.5. The number of non-ortho nitro benzene ring substituents is 1. The smallest absolute Gasteiger partial charge is 0.269 e. The van der Waals surface area contributed by atoms with Crippen molar-refractivity contribution in [3.8, 4) is 5.75 Å². The molecule has 0 bridgehead atoms. The summed E-state index contributed by atoms with van der Waals surface area (Å²) < 4.78 is 5.49. The van der Waals surface area contributed by atoms with Gasteiger partial charge in [-0.2, -0.15) is 0 Å². The number of anilines is 1. The maximum atomic E-state index is 10.8. The first-order chi connectivity index (χ1) is 9.60. The van der Waals surface area contributed by atoms with Gasteiger partial charge in [0.2, 0.25) is 0 Å². The Bertz CT molecular complexity index is 636. The number of rotatable bonds is 5. The number of benzene rings is 1. The lowest BCUT2D eigenvalue weighted by atomic mass is 10.1. The summed E-state index contributed by atoms with van der Waals surface area (Å²) in [5.74, 6) is 5.83. The number of hydrogen-bond acceptors (Lipinski definition) is 6. The molecule has 20 heavy (non-hydrogen) atoms. The molecule has 0 fully saturated rings. The Kier molecular flexibility index (Phi) is 4.34. The van der Waals surface area contributed by atoms with E-state index in [9.17, 15) is 10.1 Å². The van der Waals surface area contributed by atoms with Crippen LogP contribution < -0.4 is 16.0 Å². The van der Waals surface area contributed by atoms with E-state index in [0.29, 0.717) is 22.0 Å². The van der Waals surface area contributed by atoms with Gasteiger partial charge in [-0.1, -0.05) is 11.6 Å². The molecule has 2 aromatic rings. The van der Waals surface area contributed by atoms with Crippen molar-refractivity contribution in [2.75, 3.05) is 5.43 Å². The zero-order chi connectivity index (χ0) is 14.5. The van der Waals surface area contributed by atoms with E-state index in [4.69, 9.17) is 22.2 Å². The lowest BCUT2D eigenvalue weighted by molar-refractivity contribution is -0.384. The van der Waals surface area contributed by atoms with Crippen molar-refractivity contribution in [3.63, 3.8) is 0 Å². The molecule has 0 aliphatic rings. The normalized spacial score (nSPS) is 10.1. The average Bonchev–Trinajstić information content (AvgIpc) is 2.44. The number of aromatic nitrogens is 1. The lowest BCUT2D eigenvalue weighted by Gasteiger charge is -2.10. The largest absolute Gasteiger partial charge is 0.487 e. The highest BCUT2D eigenvalue weighted by molar-refractivity contribution is 6.30. The van der Waals surface area contributed by atoms with Crippen LogP contribution in [0.15, 0.2) is 36.7 Å². The zero-order valence-corrected chi connectivity index (χ0v) is 11.0. The van der Waals surface area contributed by atoms with E-state index in [2.05, 4.69) is 10.4 Å². The maximum absolute atomic E-state index is 10.8. The molecule has 0 atom stereocenters. The van der Waals surface area contributed by atoms with Crippen molar-refractivity contribution in [2.24, 2.45) is 5.84 Å². The first kappa shape index (κ1) is 14.0. The molecule has 0 aliphatic heterocycles. The minimum absolute atomic E-state index is 0.0354. The van der Waals surface area contributed by atoms with E-state index >= 15 is 0 Å². The summed E-state index contributed by atoms with van der Waals surface area (Å²) in [6.07, 6.45) is 2.98. The van der Waals surface area contributed by atoms with E-state index in [1.165, 1.54) is 30.6 Å². The lowest BCUT2D eigenvalue weighted by Crippen LogP contribution is -2.10. The van der Waals surface area contributed by atoms with Gasteiger partial charge in [0.05, 0.1) is 21.8 Å². The fraction of sp³-hybridized carbons (Fsp3) is 0.0833. The third kappa shape index (κ3) is 3.34. The third-order valence-electron chi connectivity index (χ3n) is 2.53. The van der Waals surface area contributed by atoms with Gasteiger partial charge in [-0.05, 0) is 6.07 Å². The molecule has 0 radical (unpaired) electrons. The fourth-order valence-electron chi connectivity index (χ4n) is 1.59. The molecule has 3 N–H and O–H groups in total. The molecule has 1 heterocycles. The first-order valence-corrected chi connectivity index (χ1v) is 5.95. The van der Waals surface area contributed by atoms with Crippen LogP contribution in [0.5, 0.6) is 5.75 Å². The summed E-state index contributed by atoms with van der Waals surface area (Å²) in [7, 11) is 0. The number of nitrogens with two attached hydrogens (primary N) is 1. The highest BCUT2D eigenvalue weighted by Gasteiger charge is 2.11. The van der Waals surface area contributed by atoms with Crippen molar-refractivity contribution in [3.05, 3.63) is 57.4 Å². The second-order valence-corrected chi connectivity index (χ2v) is 4.31. The third-order valence-corrected chi connectivity index (χ3v) is 2.74. The van der Waals surface area contributed by atoms with Gasteiger partial charge in [0.25, 0.3) is 5.69 Å². The summed E-state index contributed by atoms with van der Waals surface area (Å²) in [6, 6.07) is 5.88. The molecule has 0 saturated heterocycles. The number of nitro groups is 1. The van der Waals surface area contributed by atoms with Gasteiger partial charge in [0, 0.05) is 30.0 Å². The van der Waals surface area contributed by atoms with Crippen LogP contribution in [0.4, 0.5) is 11.4 Å². The molecule has 0 amide bonds. The van der Waals surface area contributed by atoms with Crippen LogP contribution in [0.2, 0.25) is 5.02 Å². The Hall–Kier alpha value is -2.38. The monoisotopic (exact) mass is 294 g/mol. The minimum Gasteiger partial charge on any atom is -0.487 e. The van der Waals surface area contributed by atoms with Crippen LogP contribution >= 0.6 is 11.6 Å². The number of pyridine rings is 1. The van der Waals surface area contributed by atoms with Crippen molar-refractivity contribution < 1.29 is 9.66 Å². The quantitative estimate of drug-likeness (QED) is 0.499. The summed E-state index contributed by atoms with van der Waals surface area (Å²) in [5.41, 5.74) is 3.53. The van der Waals surface area contributed by atoms with Gasteiger partial charge in [-0.25, -0.2) is 0 Å². The second-order valence-electron chi connectivity index (χ2n) is 3.87. The number of nitro benzene ring substituents is 1. The van der Waals surface area contributed by atoms with Gasteiger partial charge in [-0.3, -0.25) is 20.9 Å². The van der Waals surface area contributed by atoms with E-state index in [1.807, 2.05) is 0 Å². The second kappa shape index (κ2) is 6.18.